The zero-order valence-corrected chi connectivity index (χ0v) is 65.5. The third-order valence-electron chi connectivity index (χ3n) is 24.4. The normalized spacial score (nSPS) is 12.2. The minimum Gasteiger partial charge on any atom is -0.309 e. The van der Waals surface area contributed by atoms with Crippen molar-refractivity contribution in [1.82, 2.24) is 9.13 Å². The van der Waals surface area contributed by atoms with E-state index in [1.54, 1.807) is 0 Å². The van der Waals surface area contributed by atoms with Crippen LogP contribution in [-0.4, -0.2) is 9.13 Å². The molecule has 542 valence electrons. The molecule has 0 fully saturated rings. The van der Waals surface area contributed by atoms with Crippen molar-refractivity contribution in [2.45, 2.75) is 66.2 Å². The van der Waals surface area contributed by atoms with E-state index in [-0.39, 0.29) is 10.8 Å². The topological polar surface area (TPSA) is 9.86 Å². The third kappa shape index (κ3) is 11.4. The van der Waals surface area contributed by atoms with Crippen molar-refractivity contribution in [3.8, 4) is 89.3 Å². The standard InChI is InChI=1S/C57H43N.C55H41N/c1-36-18-20-40(21-19-36)51-35-52(50-29-27-42-32-45(57(2,3)4)31-41-26-28-49(51)56(50)55(41)42)44-30-43(39-24-22-38(23-25-39)37-12-6-5-7-13-37)33-46(34-44)58-53-16-10-8-14-47(53)48-15-9-11-17-54(48)58;1-34-20-22-36(23-21-34)49-33-50(48-27-25-38-30-41(55(2,3)4)29-37-24-26-47(49)54(48)53(37)38)40-28-39(44-17-11-13-35-12-5-6-14-43(35)44)31-42(32-40)56-51-18-9-7-15-45(51)46-16-8-10-19-52(46)56/h5-35H,1-4H3;5-33H,1-4H3. The van der Waals surface area contributed by atoms with Crippen LogP contribution in [0.25, 0.3) is 208 Å². The number of hydrogen-bond donors (Lipinski definition) is 0. The lowest BCUT2D eigenvalue weighted by molar-refractivity contribution is 0.591. The molecule has 0 N–H and O–H groups in total. The number of hydrogen-bond acceptors (Lipinski definition) is 0. The summed E-state index contributed by atoms with van der Waals surface area (Å²) in [5.74, 6) is 0. The number of nitrogens with zero attached hydrogens (tertiary/aromatic N) is 2. The van der Waals surface area contributed by atoms with Gasteiger partial charge in [-0.15, -0.1) is 0 Å². The highest BCUT2D eigenvalue weighted by Gasteiger charge is 2.26. The van der Waals surface area contributed by atoms with Crippen LogP contribution in [0.3, 0.4) is 0 Å². The molecule has 2 nitrogen and oxygen atoms in total. The van der Waals surface area contributed by atoms with Crippen LogP contribution in [0.4, 0.5) is 0 Å². The van der Waals surface area contributed by atoms with Crippen LogP contribution in [0.5, 0.6) is 0 Å². The maximum atomic E-state index is 2.47. The first kappa shape index (κ1) is 68.4. The first-order chi connectivity index (χ1) is 55.6. The summed E-state index contributed by atoms with van der Waals surface area (Å²) in [4.78, 5) is 0. The fraction of sp³-hybridized carbons (Fsp3) is 0.0893. The Bertz CT molecular complexity index is 7430. The summed E-state index contributed by atoms with van der Waals surface area (Å²) in [5, 5.41) is 23.2. The van der Waals surface area contributed by atoms with Gasteiger partial charge in [0.15, 0.2) is 0 Å². The molecular weight excluding hydrogens is 1370 g/mol. The van der Waals surface area contributed by atoms with E-state index < -0.39 is 0 Å². The van der Waals surface area contributed by atoms with Gasteiger partial charge in [0, 0.05) is 32.9 Å². The van der Waals surface area contributed by atoms with Gasteiger partial charge < -0.3 is 9.13 Å². The predicted octanol–water partition coefficient (Wildman–Crippen LogP) is 31.4. The van der Waals surface area contributed by atoms with E-state index in [4.69, 9.17) is 0 Å². The number of aryl methyl sites for hydroxylation is 2. The van der Waals surface area contributed by atoms with Crippen LogP contribution < -0.4 is 0 Å². The lowest BCUT2D eigenvalue weighted by atomic mass is 9.81. The van der Waals surface area contributed by atoms with Crippen molar-refractivity contribution < 1.29 is 0 Å². The number of rotatable bonds is 9. The molecule has 2 heteroatoms. The van der Waals surface area contributed by atoms with Gasteiger partial charge in [-0.2, -0.15) is 0 Å². The smallest absolute Gasteiger partial charge is 0.0541 e. The molecule has 0 saturated carbocycles. The molecule has 20 aromatic carbocycles. The fourth-order valence-electron chi connectivity index (χ4n) is 18.6. The average molecular weight is 1460 g/mol. The van der Waals surface area contributed by atoms with E-state index in [2.05, 4.69) is 429 Å². The summed E-state index contributed by atoms with van der Waals surface area (Å²) in [5.41, 5.74) is 29.6. The Morgan fingerprint density at radius 3 is 0.895 bits per heavy atom. The van der Waals surface area contributed by atoms with E-state index in [1.807, 2.05) is 0 Å². The Labute approximate surface area is 665 Å². The van der Waals surface area contributed by atoms with E-state index in [0.717, 1.165) is 11.4 Å². The molecule has 0 amide bonds. The molecule has 0 aliphatic carbocycles. The molecule has 22 aromatic rings. The van der Waals surface area contributed by atoms with Crippen LogP contribution in [0.15, 0.2) is 364 Å². The average Bonchev–Trinajstić information content (AvgIpc) is 0.969. The van der Waals surface area contributed by atoms with Gasteiger partial charge in [0.05, 0.1) is 22.1 Å². The van der Waals surface area contributed by atoms with Crippen molar-refractivity contribution in [3.05, 3.63) is 386 Å². The van der Waals surface area contributed by atoms with Crippen LogP contribution in [-0.2, 0) is 10.8 Å². The second kappa shape index (κ2) is 26.5. The monoisotopic (exact) mass is 1460 g/mol. The van der Waals surface area contributed by atoms with Crippen LogP contribution in [0, 0.1) is 13.8 Å². The second-order valence-electron chi connectivity index (χ2n) is 33.7. The van der Waals surface area contributed by atoms with Crippen molar-refractivity contribution in [2.75, 3.05) is 0 Å². The molecule has 22 rings (SSSR count). The molecule has 0 saturated heterocycles. The molecule has 0 bridgehead atoms. The summed E-state index contributed by atoms with van der Waals surface area (Å²) in [6.45, 7) is 18.2. The molecule has 0 atom stereocenters. The van der Waals surface area contributed by atoms with Gasteiger partial charge in [0.1, 0.15) is 0 Å². The largest absolute Gasteiger partial charge is 0.309 e. The summed E-state index contributed by atoms with van der Waals surface area (Å²) in [7, 11) is 0. The summed E-state index contributed by atoms with van der Waals surface area (Å²) in [6.07, 6.45) is 0. The lowest BCUT2D eigenvalue weighted by Gasteiger charge is -2.23. The Morgan fingerprint density at radius 2 is 0.491 bits per heavy atom. The highest BCUT2D eigenvalue weighted by Crippen LogP contribution is 2.50. The molecular formula is C112H84N2. The van der Waals surface area contributed by atoms with Gasteiger partial charge in [0.25, 0.3) is 0 Å². The van der Waals surface area contributed by atoms with Gasteiger partial charge in [-0.1, -0.05) is 344 Å². The van der Waals surface area contributed by atoms with Gasteiger partial charge in [-0.25, -0.2) is 0 Å². The van der Waals surface area contributed by atoms with E-state index in [9.17, 15) is 0 Å². The Morgan fingerprint density at radius 1 is 0.184 bits per heavy atom. The molecule has 2 aromatic heterocycles. The number of benzene rings is 20. The number of fused-ring (bicyclic) bond motifs is 7. The first-order valence-electron chi connectivity index (χ1n) is 40.2. The van der Waals surface area contributed by atoms with Crippen molar-refractivity contribution >= 4 is 119 Å². The fourth-order valence-corrected chi connectivity index (χ4v) is 18.6. The molecule has 0 radical (unpaired) electrons. The number of para-hydroxylation sites is 4. The number of aromatic nitrogens is 2. The van der Waals surface area contributed by atoms with Crippen LogP contribution in [0.1, 0.15) is 63.8 Å². The maximum absolute atomic E-state index is 2.47. The molecule has 0 unspecified atom stereocenters. The highest BCUT2D eigenvalue weighted by atomic mass is 15.0. The van der Waals surface area contributed by atoms with Gasteiger partial charge >= 0.3 is 0 Å². The van der Waals surface area contributed by atoms with E-state index in [1.165, 1.54) is 219 Å². The van der Waals surface area contributed by atoms with Gasteiger partial charge in [-0.05, 0) is 262 Å². The Balaban J connectivity index is 0.000000143. The Hall–Kier alpha value is -13.7. The molecule has 0 spiro atoms. The quantitative estimate of drug-likeness (QED) is 0.128. The van der Waals surface area contributed by atoms with Crippen molar-refractivity contribution in [2.24, 2.45) is 0 Å². The molecule has 2 heterocycles. The summed E-state index contributed by atoms with van der Waals surface area (Å²) < 4.78 is 4.93. The second-order valence-corrected chi connectivity index (χ2v) is 33.7. The highest BCUT2D eigenvalue weighted by molar-refractivity contribution is 6.30. The SMILES string of the molecule is Cc1ccc(-c2cc(-c3cc(-c4ccc(-c5ccccc5)cc4)cc(-n4c5ccccc5c5ccccc54)c3)c3ccc4cc(C(C)(C)C)cc5ccc2c3c54)cc1.Cc1ccc(-c2cc(-c3cc(-c4cccc5ccccc45)cc(-n4c5ccccc5c5ccccc54)c3)c3ccc4cc(C(C)(C)C)cc5ccc2c3c54)cc1. The van der Waals surface area contributed by atoms with Crippen molar-refractivity contribution in [1.29, 1.82) is 0 Å². The summed E-state index contributed by atoms with van der Waals surface area (Å²) in [6, 6.07) is 137. The lowest BCUT2D eigenvalue weighted by Crippen LogP contribution is -2.10. The zero-order valence-electron chi connectivity index (χ0n) is 65.5. The first-order valence-corrected chi connectivity index (χ1v) is 40.2. The van der Waals surface area contributed by atoms with Crippen molar-refractivity contribution in [3.63, 3.8) is 0 Å². The zero-order chi connectivity index (χ0) is 76.8. The minimum absolute atomic E-state index is 0.0472. The predicted molar refractivity (Wildman–Crippen MR) is 491 cm³/mol. The molecule has 0 aliphatic heterocycles. The van der Waals surface area contributed by atoms with Crippen LogP contribution >= 0.6 is 0 Å². The minimum atomic E-state index is 0.0472. The van der Waals surface area contributed by atoms with Gasteiger partial charge in [0.2, 0.25) is 0 Å². The van der Waals surface area contributed by atoms with E-state index >= 15 is 0 Å². The Kier molecular flexibility index (Phi) is 15.9. The maximum Gasteiger partial charge on any atom is 0.0541 e. The van der Waals surface area contributed by atoms with Gasteiger partial charge in [-0.3, -0.25) is 0 Å². The molecule has 0 aliphatic rings. The van der Waals surface area contributed by atoms with E-state index in [0.29, 0.717) is 0 Å². The van der Waals surface area contributed by atoms with Crippen LogP contribution in [0.2, 0.25) is 0 Å². The summed E-state index contributed by atoms with van der Waals surface area (Å²) >= 11 is 0. The third-order valence-corrected chi connectivity index (χ3v) is 24.4. The molecule has 114 heavy (non-hydrogen) atoms.